The quantitative estimate of drug-likeness (QED) is 0.0480. The average Bonchev–Trinajstić information content (AvgIpc) is 2.75. The summed E-state index contributed by atoms with van der Waals surface area (Å²) in [6.07, 6.45) is 1.82. The van der Waals surface area contributed by atoms with Gasteiger partial charge in [-0.05, 0) is 49.9 Å². The minimum atomic E-state index is -4.17. The molecular weight excluding hydrogens is 444 g/mol. The molecule has 11 N–H and O–H groups in total. The first-order chi connectivity index (χ1) is 14.7. The zero-order valence-electron chi connectivity index (χ0n) is 17.5. The summed E-state index contributed by atoms with van der Waals surface area (Å²) in [6, 6.07) is 3.45. The van der Waals surface area contributed by atoms with Gasteiger partial charge in [-0.1, -0.05) is 0 Å². The van der Waals surface area contributed by atoms with E-state index in [-0.39, 0.29) is 22.9 Å². The molecule has 1 heterocycles. The van der Waals surface area contributed by atoms with Crippen molar-refractivity contribution >= 4 is 33.5 Å². The standard InChI is InChI=1S/C17H32N8O4S2/c1-29-17(11-26)5-9-25(10-6-17)12-3-4-13(30-22-8-2-7-18)15(31(21,27)28)14(12)16(19)23-24-20/h3-4,22,24,26H,2,5-11,18,20H2,1H3,(H2,19,23)(H2,21,27,28). The van der Waals surface area contributed by atoms with Gasteiger partial charge in [-0.2, -0.15) is 0 Å². The van der Waals surface area contributed by atoms with Crippen LogP contribution in [0.2, 0.25) is 0 Å². The van der Waals surface area contributed by atoms with Gasteiger partial charge in [0, 0.05) is 37.3 Å². The molecule has 1 aromatic rings. The molecule has 0 atom stereocenters. The van der Waals surface area contributed by atoms with E-state index in [4.69, 9.17) is 27.2 Å². The molecule has 12 nitrogen and oxygen atoms in total. The van der Waals surface area contributed by atoms with E-state index in [1.165, 1.54) is 0 Å². The predicted molar refractivity (Wildman–Crippen MR) is 122 cm³/mol. The predicted octanol–water partition coefficient (Wildman–Crippen LogP) is -1.66. The molecule has 0 saturated carbocycles. The lowest BCUT2D eigenvalue weighted by molar-refractivity contribution is -0.0672. The summed E-state index contributed by atoms with van der Waals surface area (Å²) in [5.74, 6) is 5.18. The number of primary sulfonamides is 1. The maximum absolute atomic E-state index is 12.6. The Balaban J connectivity index is 2.53. The fourth-order valence-electron chi connectivity index (χ4n) is 3.44. The summed E-state index contributed by atoms with van der Waals surface area (Å²) in [7, 11) is -2.60. The highest BCUT2D eigenvalue weighted by molar-refractivity contribution is 7.98. The minimum Gasteiger partial charge on any atom is -0.393 e. The van der Waals surface area contributed by atoms with Crippen molar-refractivity contribution in [1.82, 2.24) is 10.3 Å². The van der Waals surface area contributed by atoms with Crippen molar-refractivity contribution < 1.29 is 18.3 Å². The number of nitrogens with one attached hydrogen (secondary N) is 2. The molecule has 1 aliphatic rings. The first-order valence-corrected chi connectivity index (χ1v) is 12.1. The van der Waals surface area contributed by atoms with Crippen LogP contribution in [0.25, 0.3) is 0 Å². The lowest BCUT2D eigenvalue weighted by Gasteiger charge is -2.41. The Labute approximate surface area is 186 Å². The monoisotopic (exact) mass is 476 g/mol. The van der Waals surface area contributed by atoms with Crippen LogP contribution in [0.4, 0.5) is 5.69 Å². The van der Waals surface area contributed by atoms with Crippen LogP contribution in [0, 0.1) is 0 Å². The number of nitrogens with zero attached hydrogens (tertiary/aromatic N) is 2. The van der Waals surface area contributed by atoms with Gasteiger partial charge in [0.15, 0.2) is 5.84 Å². The van der Waals surface area contributed by atoms with E-state index >= 15 is 0 Å². The molecular formula is C17H32N8O4S2. The van der Waals surface area contributed by atoms with Gasteiger partial charge in [-0.3, -0.25) is 4.72 Å². The molecule has 0 aliphatic carbocycles. The number of aliphatic hydroxyl groups excluding tert-OH is 1. The van der Waals surface area contributed by atoms with Crippen LogP contribution in [-0.4, -0.2) is 64.9 Å². The number of rotatable bonds is 11. The Bertz CT molecular complexity index is 867. The van der Waals surface area contributed by atoms with Crippen LogP contribution in [0.5, 0.6) is 0 Å². The van der Waals surface area contributed by atoms with Crippen molar-refractivity contribution in [3.05, 3.63) is 17.7 Å². The van der Waals surface area contributed by atoms with Crippen LogP contribution in [0.3, 0.4) is 0 Å². The summed E-state index contributed by atoms with van der Waals surface area (Å²) >= 11 is 1.13. The van der Waals surface area contributed by atoms with Crippen LogP contribution in [0.15, 0.2) is 27.0 Å². The molecule has 1 aromatic carbocycles. The van der Waals surface area contributed by atoms with E-state index in [1.54, 1.807) is 19.2 Å². The van der Waals surface area contributed by atoms with E-state index in [2.05, 4.69) is 15.4 Å². The highest BCUT2D eigenvalue weighted by Gasteiger charge is 2.36. The number of hydrogen-bond acceptors (Lipinski definition) is 11. The third-order valence-electron chi connectivity index (χ3n) is 5.23. The number of piperidine rings is 1. The molecule has 0 amide bonds. The molecule has 0 aromatic heterocycles. The normalized spacial score (nSPS) is 17.1. The molecule has 31 heavy (non-hydrogen) atoms. The van der Waals surface area contributed by atoms with Gasteiger partial charge >= 0.3 is 0 Å². The third kappa shape index (κ3) is 6.20. The molecule has 2 rings (SSSR count). The van der Waals surface area contributed by atoms with Crippen molar-refractivity contribution in [2.45, 2.75) is 34.7 Å². The minimum absolute atomic E-state index is 0.0998. The number of methoxy groups -OCH3 is 1. The summed E-state index contributed by atoms with van der Waals surface area (Å²) in [4.78, 5) is 2.20. The van der Waals surface area contributed by atoms with Gasteiger partial charge in [0.2, 0.25) is 10.0 Å². The highest BCUT2D eigenvalue weighted by Crippen LogP contribution is 2.36. The van der Waals surface area contributed by atoms with Gasteiger partial charge in [0.25, 0.3) is 0 Å². The van der Waals surface area contributed by atoms with E-state index in [0.717, 1.165) is 18.4 Å². The van der Waals surface area contributed by atoms with E-state index < -0.39 is 15.6 Å². The fourth-order valence-corrected chi connectivity index (χ4v) is 5.49. The molecule has 176 valence electrons. The number of amidine groups is 1. The second kappa shape index (κ2) is 11.3. The fraction of sp³-hybridized carbons (Fsp3) is 0.588. The molecule has 14 heteroatoms. The number of benzene rings is 1. The van der Waals surface area contributed by atoms with Crippen molar-refractivity contribution in [2.75, 3.05) is 44.8 Å². The second-order valence-electron chi connectivity index (χ2n) is 7.13. The summed E-state index contributed by atoms with van der Waals surface area (Å²) < 4.78 is 33.7. The lowest BCUT2D eigenvalue weighted by Crippen LogP contribution is -2.48. The smallest absolute Gasteiger partial charge is 0.240 e. The zero-order valence-corrected chi connectivity index (χ0v) is 19.1. The van der Waals surface area contributed by atoms with Gasteiger partial charge in [0.05, 0.1) is 17.8 Å². The van der Waals surface area contributed by atoms with Gasteiger partial charge in [-0.25, -0.2) is 24.9 Å². The molecule has 0 bridgehead atoms. The highest BCUT2D eigenvalue weighted by atomic mass is 32.2. The first-order valence-electron chi connectivity index (χ1n) is 9.72. The Morgan fingerprint density at radius 2 is 2.06 bits per heavy atom. The largest absolute Gasteiger partial charge is 0.393 e. The van der Waals surface area contributed by atoms with Gasteiger partial charge in [-0.15, -0.1) is 5.10 Å². The van der Waals surface area contributed by atoms with Gasteiger partial charge in [0.1, 0.15) is 4.90 Å². The van der Waals surface area contributed by atoms with Crippen LogP contribution < -0.4 is 37.6 Å². The third-order valence-corrected chi connectivity index (χ3v) is 7.26. The Morgan fingerprint density at radius 3 is 2.58 bits per heavy atom. The van der Waals surface area contributed by atoms with Crippen LogP contribution >= 0.6 is 11.9 Å². The maximum Gasteiger partial charge on any atom is 0.240 e. The number of ether oxygens (including phenoxy) is 1. The first kappa shape index (κ1) is 25.6. The SMILES string of the molecule is COC1(CO)CCN(c2ccc(SNCCCN)c(S(N)(=O)=O)c2/C(N)=N/NN)CC1. The summed E-state index contributed by atoms with van der Waals surface area (Å²) in [6.45, 7) is 2.01. The summed E-state index contributed by atoms with van der Waals surface area (Å²) in [5, 5.41) is 19.1. The lowest BCUT2D eigenvalue weighted by atomic mass is 9.91. The Morgan fingerprint density at radius 1 is 1.39 bits per heavy atom. The molecule has 1 fully saturated rings. The molecule has 0 radical (unpaired) electrons. The number of aliphatic hydroxyl groups is 1. The number of anilines is 1. The van der Waals surface area contributed by atoms with E-state index in [0.29, 0.717) is 49.6 Å². The van der Waals surface area contributed by atoms with Crippen LogP contribution in [0.1, 0.15) is 24.8 Å². The van der Waals surface area contributed by atoms with Crippen LogP contribution in [-0.2, 0) is 14.8 Å². The van der Waals surface area contributed by atoms with Crippen molar-refractivity contribution in [3.8, 4) is 0 Å². The van der Waals surface area contributed by atoms with Crippen molar-refractivity contribution in [1.29, 1.82) is 0 Å². The molecule has 1 saturated heterocycles. The molecule has 0 unspecified atom stereocenters. The van der Waals surface area contributed by atoms with E-state index in [9.17, 15) is 13.5 Å². The second-order valence-corrected chi connectivity index (χ2v) is 9.56. The van der Waals surface area contributed by atoms with E-state index in [1.807, 2.05) is 4.90 Å². The van der Waals surface area contributed by atoms with Gasteiger partial charge < -0.3 is 26.2 Å². The average molecular weight is 477 g/mol. The number of hydrogen-bond donors (Lipinski definition) is 7. The number of nitrogens with two attached hydrogens (primary N) is 4. The molecule has 1 aliphatic heterocycles. The maximum atomic E-state index is 12.6. The number of hydrazone groups is 1. The zero-order chi connectivity index (χ0) is 23.1. The summed E-state index contributed by atoms with van der Waals surface area (Å²) in [5.41, 5.74) is 13.8. The molecule has 0 spiro atoms. The topological polar surface area (TPSA) is 207 Å². The Kier molecular flexibility index (Phi) is 9.32. The Hall–Kier alpha value is -1.65. The number of hydrazine groups is 1. The number of sulfonamides is 1. The van der Waals surface area contributed by atoms with Crippen molar-refractivity contribution in [2.24, 2.45) is 27.6 Å². The van der Waals surface area contributed by atoms with Crippen molar-refractivity contribution in [3.63, 3.8) is 0 Å².